The lowest BCUT2D eigenvalue weighted by Gasteiger charge is -2.09. The van der Waals surface area contributed by atoms with E-state index in [1.54, 1.807) is 13.0 Å². The molecule has 0 fully saturated rings. The van der Waals surface area contributed by atoms with Crippen LogP contribution < -0.4 is 5.56 Å². The first-order valence-corrected chi connectivity index (χ1v) is 7.94. The summed E-state index contributed by atoms with van der Waals surface area (Å²) in [6.45, 7) is 3.73. The van der Waals surface area contributed by atoms with Crippen molar-refractivity contribution in [3.05, 3.63) is 50.9 Å². The summed E-state index contributed by atoms with van der Waals surface area (Å²) in [5, 5.41) is 10.6. The van der Waals surface area contributed by atoms with E-state index in [-0.39, 0.29) is 5.56 Å². The predicted molar refractivity (Wildman–Crippen MR) is 85.1 cm³/mol. The second kappa shape index (κ2) is 7.11. The van der Waals surface area contributed by atoms with E-state index in [2.05, 4.69) is 9.97 Å². The molecule has 1 atom stereocenters. The van der Waals surface area contributed by atoms with E-state index in [0.29, 0.717) is 10.2 Å². The zero-order chi connectivity index (χ0) is 15.4. The summed E-state index contributed by atoms with van der Waals surface area (Å²) < 4.78 is 0. The van der Waals surface area contributed by atoms with Gasteiger partial charge in [-0.05, 0) is 31.0 Å². The maximum atomic E-state index is 11.6. The molecule has 0 amide bonds. The molecule has 2 rings (SSSR count). The first-order valence-electron chi connectivity index (χ1n) is 6.75. The van der Waals surface area contributed by atoms with Crippen LogP contribution >= 0.6 is 23.4 Å². The Bertz CT molecular complexity index is 686. The van der Waals surface area contributed by atoms with Crippen molar-refractivity contribution in [1.82, 2.24) is 9.97 Å². The smallest absolute Gasteiger partial charge is 0.251 e. The van der Waals surface area contributed by atoms with E-state index in [0.717, 1.165) is 29.0 Å². The molecule has 6 heteroatoms. The predicted octanol–water partition coefficient (Wildman–Crippen LogP) is 3.58. The van der Waals surface area contributed by atoms with E-state index in [1.165, 1.54) is 17.8 Å². The molecule has 4 nitrogen and oxygen atoms in total. The molecule has 2 aromatic rings. The summed E-state index contributed by atoms with van der Waals surface area (Å²) in [5.74, 6) is 0. The topological polar surface area (TPSA) is 66.0 Å². The standard InChI is InChI=1S/C15H17ClN2O2S/c1-3-4-11-8-14(20)18-15(17-11)21-13-6-5-10(9(2)19)7-12(13)16/h5-9,19H,3-4H2,1-2H3,(H,17,18,20). The van der Waals surface area contributed by atoms with Crippen LogP contribution in [0.2, 0.25) is 5.02 Å². The summed E-state index contributed by atoms with van der Waals surface area (Å²) in [5.41, 5.74) is 1.37. The third-order valence-electron chi connectivity index (χ3n) is 2.92. The number of rotatable bonds is 5. The number of H-pyrrole nitrogens is 1. The molecule has 1 aromatic carbocycles. The van der Waals surface area contributed by atoms with Crippen molar-refractivity contribution in [3.63, 3.8) is 0 Å². The minimum atomic E-state index is -0.563. The largest absolute Gasteiger partial charge is 0.389 e. The van der Waals surface area contributed by atoms with Gasteiger partial charge in [0, 0.05) is 16.7 Å². The molecule has 0 saturated carbocycles. The Morgan fingerprint density at radius 3 is 2.81 bits per heavy atom. The number of aryl methyl sites for hydroxylation is 1. The fourth-order valence-electron chi connectivity index (χ4n) is 1.88. The third-order valence-corrected chi connectivity index (χ3v) is 4.31. The highest BCUT2D eigenvalue weighted by atomic mass is 35.5. The van der Waals surface area contributed by atoms with Crippen LogP contribution in [-0.2, 0) is 6.42 Å². The molecule has 0 aliphatic heterocycles. The maximum Gasteiger partial charge on any atom is 0.251 e. The molecule has 1 heterocycles. The Morgan fingerprint density at radius 2 is 2.19 bits per heavy atom. The first-order chi connectivity index (χ1) is 9.99. The number of nitrogens with zero attached hydrogens (tertiary/aromatic N) is 1. The monoisotopic (exact) mass is 324 g/mol. The van der Waals surface area contributed by atoms with Crippen molar-refractivity contribution in [1.29, 1.82) is 0 Å². The van der Waals surface area contributed by atoms with Gasteiger partial charge in [0.1, 0.15) is 0 Å². The molecule has 0 aliphatic rings. The quantitative estimate of drug-likeness (QED) is 0.825. The van der Waals surface area contributed by atoms with Crippen LogP contribution in [-0.4, -0.2) is 15.1 Å². The van der Waals surface area contributed by atoms with Crippen LogP contribution in [0.3, 0.4) is 0 Å². The van der Waals surface area contributed by atoms with Gasteiger partial charge >= 0.3 is 0 Å². The van der Waals surface area contributed by atoms with Gasteiger partial charge in [-0.2, -0.15) is 0 Å². The van der Waals surface area contributed by atoms with Crippen molar-refractivity contribution in [2.45, 2.75) is 42.8 Å². The van der Waals surface area contributed by atoms with Gasteiger partial charge in [0.2, 0.25) is 0 Å². The zero-order valence-electron chi connectivity index (χ0n) is 11.9. The molecule has 1 unspecified atom stereocenters. The summed E-state index contributed by atoms with van der Waals surface area (Å²) in [4.78, 5) is 19.5. The van der Waals surface area contributed by atoms with E-state index >= 15 is 0 Å². The maximum absolute atomic E-state index is 11.6. The summed E-state index contributed by atoms with van der Waals surface area (Å²) in [6, 6.07) is 6.88. The van der Waals surface area contributed by atoms with Crippen molar-refractivity contribution in [2.75, 3.05) is 0 Å². The fraction of sp³-hybridized carbons (Fsp3) is 0.333. The molecule has 0 saturated heterocycles. The van der Waals surface area contributed by atoms with Gasteiger partial charge < -0.3 is 10.1 Å². The number of benzene rings is 1. The average Bonchev–Trinajstić information content (AvgIpc) is 2.40. The van der Waals surface area contributed by atoms with Crippen LogP contribution in [0.1, 0.15) is 37.6 Å². The summed E-state index contributed by atoms with van der Waals surface area (Å²) >= 11 is 7.52. The molecule has 0 bridgehead atoms. The van der Waals surface area contributed by atoms with Gasteiger partial charge in [-0.1, -0.05) is 42.8 Å². The van der Waals surface area contributed by atoms with Crippen LogP contribution in [0.25, 0.3) is 0 Å². The second-order valence-corrected chi connectivity index (χ2v) is 6.20. The minimum absolute atomic E-state index is 0.160. The van der Waals surface area contributed by atoms with Crippen LogP contribution in [0, 0.1) is 0 Å². The van der Waals surface area contributed by atoms with Gasteiger partial charge in [0.25, 0.3) is 5.56 Å². The van der Waals surface area contributed by atoms with Gasteiger partial charge in [-0.15, -0.1) is 0 Å². The number of hydrogen-bond donors (Lipinski definition) is 2. The highest BCUT2D eigenvalue weighted by Crippen LogP contribution is 2.32. The number of aliphatic hydroxyl groups is 1. The average molecular weight is 325 g/mol. The van der Waals surface area contributed by atoms with Crippen LogP contribution in [0.15, 0.2) is 39.1 Å². The highest BCUT2D eigenvalue weighted by molar-refractivity contribution is 7.99. The number of aliphatic hydroxyl groups excluding tert-OH is 1. The van der Waals surface area contributed by atoms with Crippen LogP contribution in [0.4, 0.5) is 0 Å². The molecule has 112 valence electrons. The van der Waals surface area contributed by atoms with E-state index in [4.69, 9.17) is 11.6 Å². The van der Waals surface area contributed by atoms with Gasteiger partial charge in [0.15, 0.2) is 5.16 Å². The molecule has 0 radical (unpaired) electrons. The Balaban J connectivity index is 2.27. The molecule has 2 N–H and O–H groups in total. The number of aromatic nitrogens is 2. The lowest BCUT2D eigenvalue weighted by Crippen LogP contribution is -2.09. The molecule has 0 aliphatic carbocycles. The number of halogens is 1. The Kier molecular flexibility index (Phi) is 5.45. The highest BCUT2D eigenvalue weighted by Gasteiger charge is 2.09. The first kappa shape index (κ1) is 16.1. The van der Waals surface area contributed by atoms with Gasteiger partial charge in [-0.25, -0.2) is 4.98 Å². The van der Waals surface area contributed by atoms with Gasteiger partial charge in [-0.3, -0.25) is 4.79 Å². The normalized spacial score (nSPS) is 12.4. The molecular formula is C15H17ClN2O2S. The molecule has 0 spiro atoms. The lowest BCUT2D eigenvalue weighted by atomic mass is 10.1. The molecular weight excluding hydrogens is 308 g/mol. The number of nitrogens with one attached hydrogen (secondary N) is 1. The van der Waals surface area contributed by atoms with Crippen molar-refractivity contribution in [2.24, 2.45) is 0 Å². The Labute approximate surface area is 132 Å². The van der Waals surface area contributed by atoms with Crippen LogP contribution in [0.5, 0.6) is 0 Å². The van der Waals surface area contributed by atoms with Crippen molar-refractivity contribution < 1.29 is 5.11 Å². The third kappa shape index (κ3) is 4.33. The number of aromatic amines is 1. The van der Waals surface area contributed by atoms with Gasteiger partial charge in [0.05, 0.1) is 11.1 Å². The fourth-order valence-corrected chi connectivity index (χ4v) is 3.00. The lowest BCUT2D eigenvalue weighted by molar-refractivity contribution is 0.199. The molecule has 1 aromatic heterocycles. The van der Waals surface area contributed by atoms with Crippen molar-refractivity contribution >= 4 is 23.4 Å². The minimum Gasteiger partial charge on any atom is -0.389 e. The Morgan fingerprint density at radius 1 is 1.43 bits per heavy atom. The number of hydrogen-bond acceptors (Lipinski definition) is 4. The van der Waals surface area contributed by atoms with E-state index in [9.17, 15) is 9.90 Å². The Hall–Kier alpha value is -1.30. The summed E-state index contributed by atoms with van der Waals surface area (Å²) in [7, 11) is 0. The van der Waals surface area contributed by atoms with Crippen molar-refractivity contribution in [3.8, 4) is 0 Å². The SMILES string of the molecule is CCCc1cc(=O)[nH]c(Sc2ccc(C(C)O)cc2Cl)n1. The summed E-state index contributed by atoms with van der Waals surface area (Å²) in [6.07, 6.45) is 1.14. The van der Waals surface area contributed by atoms with E-state index < -0.39 is 6.10 Å². The zero-order valence-corrected chi connectivity index (χ0v) is 13.5. The van der Waals surface area contributed by atoms with E-state index in [1.807, 2.05) is 19.1 Å². The molecule has 21 heavy (non-hydrogen) atoms. The second-order valence-electron chi connectivity index (χ2n) is 4.76.